The first-order valence-corrected chi connectivity index (χ1v) is 6.72. The summed E-state index contributed by atoms with van der Waals surface area (Å²) in [5.41, 5.74) is 1.62. The van der Waals surface area contributed by atoms with Crippen molar-refractivity contribution in [1.29, 1.82) is 0 Å². The maximum atomic E-state index is 11.7. The molecule has 0 radical (unpaired) electrons. The van der Waals surface area contributed by atoms with Crippen LogP contribution in [0.3, 0.4) is 0 Å². The van der Waals surface area contributed by atoms with E-state index in [0.717, 1.165) is 11.3 Å². The molecule has 2 rings (SSSR count). The lowest BCUT2D eigenvalue weighted by atomic mass is 10.1. The smallest absolute Gasteiger partial charge is 0.243 e. The van der Waals surface area contributed by atoms with Crippen LogP contribution in [0, 0.1) is 6.92 Å². The van der Waals surface area contributed by atoms with E-state index in [2.05, 4.69) is 20.7 Å². The Hall–Kier alpha value is -2.11. The molecule has 0 bridgehead atoms. The predicted molar refractivity (Wildman–Crippen MR) is 78.7 cm³/mol. The molecule has 0 unspecified atom stereocenters. The lowest BCUT2D eigenvalue weighted by molar-refractivity contribution is -0.122. The number of carbonyl (C=O) groups excluding carboxylic acids is 1. The van der Waals surface area contributed by atoms with E-state index in [1.54, 1.807) is 4.52 Å². The van der Waals surface area contributed by atoms with Gasteiger partial charge in [-0.15, -0.1) is 5.10 Å². The summed E-state index contributed by atoms with van der Waals surface area (Å²) in [6.07, 6.45) is 0.395. The first-order valence-electron chi connectivity index (χ1n) is 6.72. The van der Waals surface area contributed by atoms with E-state index < -0.39 is 0 Å². The Kier molecular flexibility index (Phi) is 3.92. The molecular formula is C14H21N5O. The number of anilines is 1. The average molecular weight is 275 g/mol. The predicted octanol–water partition coefficient (Wildman–Crippen LogP) is 1.75. The number of aromatic nitrogens is 3. The van der Waals surface area contributed by atoms with E-state index in [-0.39, 0.29) is 11.4 Å². The molecular weight excluding hydrogens is 254 g/mol. The van der Waals surface area contributed by atoms with E-state index in [9.17, 15) is 4.79 Å². The summed E-state index contributed by atoms with van der Waals surface area (Å²) < 4.78 is 1.78. The third-order valence-electron chi connectivity index (χ3n) is 2.70. The molecule has 0 aliphatic rings. The summed E-state index contributed by atoms with van der Waals surface area (Å²) >= 11 is 0. The van der Waals surface area contributed by atoms with Crippen molar-refractivity contribution in [3.05, 3.63) is 23.9 Å². The van der Waals surface area contributed by atoms with Crippen LogP contribution in [-0.2, 0) is 4.79 Å². The molecule has 108 valence electrons. The van der Waals surface area contributed by atoms with Crippen molar-refractivity contribution < 1.29 is 4.79 Å². The van der Waals surface area contributed by atoms with Crippen LogP contribution in [0.15, 0.2) is 18.2 Å². The Balaban J connectivity index is 1.90. The average Bonchev–Trinajstić information content (AvgIpc) is 2.71. The van der Waals surface area contributed by atoms with Crippen molar-refractivity contribution in [1.82, 2.24) is 19.9 Å². The Labute approximate surface area is 118 Å². The number of fused-ring (bicyclic) bond motifs is 1. The number of carbonyl (C=O) groups is 1. The molecule has 2 N–H and O–H groups in total. The minimum absolute atomic E-state index is 0.0185. The number of hydrogen-bond acceptors (Lipinski definition) is 4. The first-order chi connectivity index (χ1) is 9.35. The van der Waals surface area contributed by atoms with Gasteiger partial charge in [-0.25, -0.2) is 4.52 Å². The van der Waals surface area contributed by atoms with Gasteiger partial charge in [-0.05, 0) is 39.8 Å². The van der Waals surface area contributed by atoms with Gasteiger partial charge in [-0.3, -0.25) is 4.79 Å². The van der Waals surface area contributed by atoms with Gasteiger partial charge < -0.3 is 10.6 Å². The third-order valence-corrected chi connectivity index (χ3v) is 2.70. The SMILES string of the molecule is Cc1cccc2nc(NCCC(=O)NC(C)(C)C)nn12. The largest absolute Gasteiger partial charge is 0.352 e. The van der Waals surface area contributed by atoms with Gasteiger partial charge in [0.05, 0.1) is 0 Å². The highest BCUT2D eigenvalue weighted by Crippen LogP contribution is 2.08. The molecule has 0 fully saturated rings. The molecule has 2 aromatic rings. The van der Waals surface area contributed by atoms with Crippen molar-refractivity contribution in [2.45, 2.75) is 39.7 Å². The number of pyridine rings is 1. The quantitative estimate of drug-likeness (QED) is 0.892. The van der Waals surface area contributed by atoms with Crippen LogP contribution < -0.4 is 10.6 Å². The maximum absolute atomic E-state index is 11.7. The fourth-order valence-electron chi connectivity index (χ4n) is 1.88. The fraction of sp³-hybridized carbons (Fsp3) is 0.500. The lowest BCUT2D eigenvalue weighted by Gasteiger charge is -2.20. The highest BCUT2D eigenvalue weighted by Gasteiger charge is 2.13. The van der Waals surface area contributed by atoms with E-state index in [4.69, 9.17) is 0 Å². The molecule has 0 saturated heterocycles. The van der Waals surface area contributed by atoms with Crippen LogP contribution in [-0.4, -0.2) is 32.6 Å². The number of rotatable bonds is 4. The Morgan fingerprint density at radius 2 is 2.10 bits per heavy atom. The number of aryl methyl sites for hydroxylation is 1. The lowest BCUT2D eigenvalue weighted by Crippen LogP contribution is -2.41. The summed E-state index contributed by atoms with van der Waals surface area (Å²) in [6.45, 7) is 8.38. The number of nitrogens with one attached hydrogen (secondary N) is 2. The summed E-state index contributed by atoms with van der Waals surface area (Å²) in [5.74, 6) is 0.563. The van der Waals surface area contributed by atoms with Gasteiger partial charge in [-0.1, -0.05) is 6.07 Å². The molecule has 6 nitrogen and oxygen atoms in total. The molecule has 2 heterocycles. The zero-order chi connectivity index (χ0) is 14.8. The molecule has 0 spiro atoms. The van der Waals surface area contributed by atoms with Crippen LogP contribution in [0.1, 0.15) is 32.9 Å². The van der Waals surface area contributed by atoms with Crippen LogP contribution in [0.2, 0.25) is 0 Å². The molecule has 0 aliphatic heterocycles. The van der Waals surface area contributed by atoms with Gasteiger partial charge in [0.15, 0.2) is 5.65 Å². The van der Waals surface area contributed by atoms with E-state index in [1.807, 2.05) is 45.9 Å². The zero-order valence-electron chi connectivity index (χ0n) is 12.4. The van der Waals surface area contributed by atoms with Crippen molar-refractivity contribution in [3.63, 3.8) is 0 Å². The van der Waals surface area contributed by atoms with Gasteiger partial charge in [-0.2, -0.15) is 4.98 Å². The minimum Gasteiger partial charge on any atom is -0.352 e. The maximum Gasteiger partial charge on any atom is 0.243 e. The first kappa shape index (κ1) is 14.3. The van der Waals surface area contributed by atoms with Crippen molar-refractivity contribution in [3.8, 4) is 0 Å². The molecule has 0 atom stereocenters. The van der Waals surface area contributed by atoms with E-state index >= 15 is 0 Å². The number of hydrogen-bond donors (Lipinski definition) is 2. The highest BCUT2D eigenvalue weighted by atomic mass is 16.1. The summed E-state index contributed by atoms with van der Waals surface area (Å²) in [6, 6.07) is 5.82. The molecule has 1 amide bonds. The third kappa shape index (κ3) is 3.69. The van der Waals surface area contributed by atoms with Crippen LogP contribution >= 0.6 is 0 Å². The van der Waals surface area contributed by atoms with E-state index in [1.165, 1.54) is 0 Å². The van der Waals surface area contributed by atoms with Crippen molar-refractivity contribution in [2.24, 2.45) is 0 Å². The van der Waals surface area contributed by atoms with Gasteiger partial charge in [0, 0.05) is 24.2 Å². The van der Waals surface area contributed by atoms with Gasteiger partial charge in [0.25, 0.3) is 0 Å². The molecule has 0 aliphatic carbocycles. The molecule has 0 aromatic carbocycles. The monoisotopic (exact) mass is 275 g/mol. The van der Waals surface area contributed by atoms with Crippen LogP contribution in [0.25, 0.3) is 5.65 Å². The standard InChI is InChI=1S/C14H21N5O/c1-10-6-5-7-11-16-13(18-19(10)11)15-9-8-12(20)17-14(2,3)4/h5-7H,8-9H2,1-4H3,(H,15,18)(H,17,20). The minimum atomic E-state index is -0.199. The zero-order valence-corrected chi connectivity index (χ0v) is 12.4. The second kappa shape index (κ2) is 5.48. The summed E-state index contributed by atoms with van der Waals surface area (Å²) in [5, 5.41) is 10.3. The summed E-state index contributed by atoms with van der Waals surface area (Å²) in [7, 11) is 0. The summed E-state index contributed by atoms with van der Waals surface area (Å²) in [4.78, 5) is 16.0. The number of amides is 1. The Bertz CT molecular complexity index is 612. The second-order valence-electron chi connectivity index (χ2n) is 5.85. The molecule has 6 heteroatoms. The normalized spacial score (nSPS) is 11.6. The fourth-order valence-corrected chi connectivity index (χ4v) is 1.88. The van der Waals surface area contributed by atoms with Crippen molar-refractivity contribution >= 4 is 17.5 Å². The van der Waals surface area contributed by atoms with Crippen LogP contribution in [0.5, 0.6) is 0 Å². The van der Waals surface area contributed by atoms with Crippen LogP contribution in [0.4, 0.5) is 5.95 Å². The number of nitrogens with zero attached hydrogens (tertiary/aromatic N) is 3. The topological polar surface area (TPSA) is 71.3 Å². The molecule has 20 heavy (non-hydrogen) atoms. The Morgan fingerprint density at radius 1 is 1.35 bits per heavy atom. The Morgan fingerprint density at radius 3 is 2.75 bits per heavy atom. The van der Waals surface area contributed by atoms with Gasteiger partial charge in [0.1, 0.15) is 0 Å². The second-order valence-corrected chi connectivity index (χ2v) is 5.85. The molecule has 0 saturated carbocycles. The van der Waals surface area contributed by atoms with E-state index in [0.29, 0.717) is 18.9 Å². The highest BCUT2D eigenvalue weighted by molar-refractivity contribution is 5.77. The van der Waals surface area contributed by atoms with Crippen molar-refractivity contribution in [2.75, 3.05) is 11.9 Å². The van der Waals surface area contributed by atoms with Gasteiger partial charge >= 0.3 is 0 Å². The molecule has 2 aromatic heterocycles. The van der Waals surface area contributed by atoms with Gasteiger partial charge in [0.2, 0.25) is 11.9 Å².